The Kier molecular flexibility index (Phi) is 3.65. The summed E-state index contributed by atoms with van der Waals surface area (Å²) in [5, 5.41) is 3.24. The number of aryl methyl sites for hydroxylation is 1. The van der Waals surface area contributed by atoms with Gasteiger partial charge >= 0.3 is 0 Å². The van der Waals surface area contributed by atoms with Crippen LogP contribution in [0.15, 0.2) is 57.8 Å². The average molecular weight is 367 g/mol. The molecule has 26 heavy (non-hydrogen) atoms. The maximum Gasteiger partial charge on any atom is 0.286 e. The molecule has 134 valence electrons. The number of hydrogen-bond acceptors (Lipinski definition) is 4. The standard InChI is InChI=1S/C20H21N3O2S/c24-26(25)19-8-4-3-7-17(19)21-20(22-26)13-23(15-10-11-15)18-12-9-14-5-1-2-6-16(14)18/h1-8,15,18H,9-13H2,(H,21,22). The highest BCUT2D eigenvalue weighted by atomic mass is 32.2. The van der Waals surface area contributed by atoms with Crippen LogP contribution >= 0.6 is 0 Å². The number of rotatable bonds is 4. The fourth-order valence-electron chi connectivity index (χ4n) is 4.19. The first-order chi connectivity index (χ1) is 12.6. The number of hydrogen-bond donors (Lipinski definition) is 1. The molecule has 0 radical (unpaired) electrons. The van der Waals surface area contributed by atoms with Crippen LogP contribution < -0.4 is 5.32 Å². The van der Waals surface area contributed by atoms with Crippen LogP contribution in [-0.2, 0) is 16.4 Å². The highest BCUT2D eigenvalue weighted by Gasteiger charge is 2.38. The van der Waals surface area contributed by atoms with Crippen molar-refractivity contribution in [1.82, 2.24) is 4.90 Å². The highest BCUT2D eigenvalue weighted by Crippen LogP contribution is 2.41. The van der Waals surface area contributed by atoms with Crippen molar-refractivity contribution in [3.63, 3.8) is 0 Å². The zero-order valence-electron chi connectivity index (χ0n) is 14.4. The molecule has 5 rings (SSSR count). The molecule has 0 saturated heterocycles. The normalized spacial score (nSPS) is 23.1. The average Bonchev–Trinajstić information content (AvgIpc) is 3.38. The summed E-state index contributed by atoms with van der Waals surface area (Å²) in [7, 11) is -3.63. The van der Waals surface area contributed by atoms with Gasteiger partial charge in [0.1, 0.15) is 10.7 Å². The van der Waals surface area contributed by atoms with Gasteiger partial charge in [0, 0.05) is 12.1 Å². The lowest BCUT2D eigenvalue weighted by molar-refractivity contribution is 0.215. The van der Waals surface area contributed by atoms with Gasteiger partial charge < -0.3 is 5.32 Å². The molecule has 6 heteroatoms. The van der Waals surface area contributed by atoms with Gasteiger partial charge in [0.25, 0.3) is 10.0 Å². The van der Waals surface area contributed by atoms with Crippen LogP contribution in [0.5, 0.6) is 0 Å². The second kappa shape index (κ2) is 5.93. The molecule has 1 fully saturated rings. The van der Waals surface area contributed by atoms with Crippen LogP contribution in [0.25, 0.3) is 0 Å². The zero-order chi connectivity index (χ0) is 17.7. The lowest BCUT2D eigenvalue weighted by atomic mass is 10.1. The molecule has 1 atom stereocenters. The summed E-state index contributed by atoms with van der Waals surface area (Å²) < 4.78 is 29.1. The number of nitrogens with zero attached hydrogens (tertiary/aromatic N) is 2. The minimum atomic E-state index is -3.63. The second-order valence-electron chi connectivity index (χ2n) is 7.29. The Labute approximate surface area is 153 Å². The van der Waals surface area contributed by atoms with Crippen LogP contribution in [0.1, 0.15) is 36.4 Å². The van der Waals surface area contributed by atoms with Crippen LogP contribution in [0, 0.1) is 0 Å². The lowest BCUT2D eigenvalue weighted by Gasteiger charge is -2.31. The van der Waals surface area contributed by atoms with E-state index >= 15 is 0 Å². The van der Waals surface area contributed by atoms with Crippen LogP contribution in [0.4, 0.5) is 5.69 Å². The van der Waals surface area contributed by atoms with E-state index in [1.807, 2.05) is 6.07 Å². The van der Waals surface area contributed by atoms with Crippen molar-refractivity contribution in [2.24, 2.45) is 4.40 Å². The van der Waals surface area contributed by atoms with Crippen molar-refractivity contribution in [1.29, 1.82) is 0 Å². The number of fused-ring (bicyclic) bond motifs is 2. The smallest absolute Gasteiger partial charge is 0.286 e. The van der Waals surface area contributed by atoms with E-state index in [2.05, 4.69) is 38.9 Å². The van der Waals surface area contributed by atoms with Crippen molar-refractivity contribution in [3.05, 3.63) is 59.7 Å². The van der Waals surface area contributed by atoms with Gasteiger partial charge in [0.15, 0.2) is 0 Å². The van der Waals surface area contributed by atoms with Crippen molar-refractivity contribution in [2.75, 3.05) is 11.9 Å². The Morgan fingerprint density at radius 1 is 1.04 bits per heavy atom. The molecule has 1 N–H and O–H groups in total. The van der Waals surface area contributed by atoms with Crippen molar-refractivity contribution >= 4 is 21.5 Å². The maximum absolute atomic E-state index is 12.5. The Morgan fingerprint density at radius 3 is 2.65 bits per heavy atom. The van der Waals surface area contributed by atoms with Crippen molar-refractivity contribution in [2.45, 2.75) is 42.7 Å². The van der Waals surface area contributed by atoms with Gasteiger partial charge in [-0.2, -0.15) is 8.42 Å². The summed E-state index contributed by atoms with van der Waals surface area (Å²) in [6.45, 7) is 0.539. The number of sulfonamides is 1. The minimum Gasteiger partial charge on any atom is -0.341 e. The van der Waals surface area contributed by atoms with E-state index in [1.54, 1.807) is 18.2 Å². The van der Waals surface area contributed by atoms with Crippen LogP contribution in [-0.4, -0.2) is 31.7 Å². The summed E-state index contributed by atoms with van der Waals surface area (Å²) in [5.41, 5.74) is 3.43. The molecule has 0 spiro atoms. The van der Waals surface area contributed by atoms with Crippen LogP contribution in [0.2, 0.25) is 0 Å². The molecule has 1 saturated carbocycles. The first-order valence-corrected chi connectivity index (χ1v) is 10.6. The van der Waals surface area contributed by atoms with Crippen molar-refractivity contribution < 1.29 is 8.42 Å². The lowest BCUT2D eigenvalue weighted by Crippen LogP contribution is -2.39. The molecule has 0 aromatic heterocycles. The summed E-state index contributed by atoms with van der Waals surface area (Å²) in [5.74, 6) is 0.528. The number of nitrogens with one attached hydrogen (secondary N) is 1. The van der Waals surface area contributed by atoms with E-state index in [1.165, 1.54) is 24.0 Å². The molecule has 0 amide bonds. The van der Waals surface area contributed by atoms with Gasteiger partial charge in [-0.05, 0) is 48.9 Å². The van der Waals surface area contributed by atoms with Gasteiger partial charge in [-0.25, -0.2) is 0 Å². The topological polar surface area (TPSA) is 61.8 Å². The Balaban J connectivity index is 1.46. The molecule has 1 heterocycles. The Bertz CT molecular complexity index is 996. The molecule has 3 aliphatic rings. The quantitative estimate of drug-likeness (QED) is 0.900. The molecule has 2 aromatic carbocycles. The molecule has 0 bridgehead atoms. The largest absolute Gasteiger partial charge is 0.341 e. The number of benzene rings is 2. The third kappa shape index (κ3) is 2.73. The molecular formula is C20H21N3O2S. The van der Waals surface area contributed by atoms with E-state index < -0.39 is 10.0 Å². The van der Waals surface area contributed by atoms with E-state index in [-0.39, 0.29) is 4.90 Å². The van der Waals surface area contributed by atoms with Gasteiger partial charge in [-0.1, -0.05) is 36.4 Å². The second-order valence-corrected chi connectivity index (χ2v) is 8.86. The summed E-state index contributed by atoms with van der Waals surface area (Å²) >= 11 is 0. The third-order valence-corrected chi connectivity index (χ3v) is 6.90. The molecule has 2 aliphatic carbocycles. The SMILES string of the molecule is O=S1(=O)N=C(CN(C2CC2)C2CCc3ccccc32)Nc2ccccc21. The number of anilines is 1. The summed E-state index contributed by atoms with van der Waals surface area (Å²) in [4.78, 5) is 2.70. The molecule has 1 unspecified atom stereocenters. The van der Waals surface area contributed by atoms with Crippen molar-refractivity contribution in [3.8, 4) is 0 Å². The first-order valence-electron chi connectivity index (χ1n) is 9.15. The highest BCUT2D eigenvalue weighted by molar-refractivity contribution is 7.90. The van der Waals surface area contributed by atoms with E-state index in [9.17, 15) is 8.42 Å². The molecule has 1 aliphatic heterocycles. The molecule has 5 nitrogen and oxygen atoms in total. The summed E-state index contributed by atoms with van der Waals surface area (Å²) in [6, 6.07) is 16.5. The maximum atomic E-state index is 12.5. The predicted octanol–water partition coefficient (Wildman–Crippen LogP) is 3.35. The van der Waals surface area contributed by atoms with Gasteiger partial charge in [-0.3, -0.25) is 4.90 Å². The number of para-hydroxylation sites is 1. The fraction of sp³-hybridized carbons (Fsp3) is 0.350. The first kappa shape index (κ1) is 16.0. The fourth-order valence-corrected chi connectivity index (χ4v) is 5.33. The number of amidine groups is 1. The van der Waals surface area contributed by atoms with Crippen LogP contribution in [0.3, 0.4) is 0 Å². The van der Waals surface area contributed by atoms with Gasteiger partial charge in [0.05, 0.1) is 12.2 Å². The summed E-state index contributed by atoms with van der Waals surface area (Å²) in [6.07, 6.45) is 4.53. The van der Waals surface area contributed by atoms with Gasteiger partial charge in [-0.15, -0.1) is 4.40 Å². The Hall–Kier alpha value is -2.18. The van der Waals surface area contributed by atoms with E-state index in [0.717, 1.165) is 12.8 Å². The van der Waals surface area contributed by atoms with Gasteiger partial charge in [0.2, 0.25) is 0 Å². The monoisotopic (exact) mass is 367 g/mol. The predicted molar refractivity (Wildman–Crippen MR) is 102 cm³/mol. The zero-order valence-corrected chi connectivity index (χ0v) is 15.2. The Morgan fingerprint density at radius 2 is 1.81 bits per heavy atom. The molecular weight excluding hydrogens is 346 g/mol. The van der Waals surface area contributed by atoms with E-state index in [0.29, 0.717) is 30.2 Å². The molecule has 2 aromatic rings. The van der Waals surface area contributed by atoms with E-state index in [4.69, 9.17) is 0 Å². The minimum absolute atomic E-state index is 0.257. The third-order valence-electron chi connectivity index (χ3n) is 5.52.